The second-order valence-electron chi connectivity index (χ2n) is 8.27. The Labute approximate surface area is 194 Å². The van der Waals surface area contributed by atoms with Crippen molar-refractivity contribution in [3.05, 3.63) is 100 Å². The fourth-order valence-electron chi connectivity index (χ4n) is 3.61. The molecule has 0 radical (unpaired) electrons. The number of aryl methyl sites for hydroxylation is 1. The van der Waals surface area contributed by atoms with Crippen LogP contribution in [0.1, 0.15) is 47.6 Å². The number of carbonyl (C=O) groups excluding carboxylic acids is 1. The molecule has 33 heavy (non-hydrogen) atoms. The lowest BCUT2D eigenvalue weighted by atomic mass is 10.0. The smallest absolute Gasteiger partial charge is 0.363 e. The normalized spacial score (nSPS) is 14.4. The third-order valence-corrected chi connectivity index (χ3v) is 5.43. The minimum Gasteiger partial charge on any atom is -0.493 e. The van der Waals surface area contributed by atoms with Gasteiger partial charge in [-0.3, -0.25) is 0 Å². The van der Waals surface area contributed by atoms with Gasteiger partial charge >= 0.3 is 5.97 Å². The molecule has 3 aromatic carbocycles. The summed E-state index contributed by atoms with van der Waals surface area (Å²) in [6, 6.07) is 21.6. The second-order valence-corrected chi connectivity index (χ2v) is 8.27. The van der Waals surface area contributed by atoms with Gasteiger partial charge in [-0.2, -0.15) is 0 Å². The number of benzene rings is 3. The summed E-state index contributed by atoms with van der Waals surface area (Å²) in [5.74, 6) is 1.36. The predicted octanol–water partition coefficient (Wildman–Crippen LogP) is 6.05. The maximum atomic E-state index is 12.5. The number of methoxy groups -OCH3 is 1. The van der Waals surface area contributed by atoms with Gasteiger partial charge in [-0.15, -0.1) is 0 Å². The number of hydrogen-bond donors (Lipinski definition) is 0. The number of para-hydroxylation sites is 1. The third-order valence-electron chi connectivity index (χ3n) is 5.43. The maximum Gasteiger partial charge on any atom is 0.363 e. The van der Waals surface area contributed by atoms with E-state index in [0.29, 0.717) is 35.5 Å². The molecule has 5 nitrogen and oxygen atoms in total. The molecular weight excluding hydrogens is 414 g/mol. The second kappa shape index (κ2) is 9.74. The van der Waals surface area contributed by atoms with Crippen LogP contribution in [0.15, 0.2) is 77.4 Å². The van der Waals surface area contributed by atoms with Crippen molar-refractivity contribution in [2.45, 2.75) is 33.3 Å². The fraction of sp³-hybridized carbons (Fsp3) is 0.214. The summed E-state index contributed by atoms with van der Waals surface area (Å²) in [5, 5.41) is 0. The molecule has 0 spiro atoms. The van der Waals surface area contributed by atoms with Crippen LogP contribution in [0.5, 0.6) is 11.5 Å². The number of carbonyl (C=O) groups is 1. The van der Waals surface area contributed by atoms with E-state index in [0.717, 1.165) is 16.7 Å². The average Bonchev–Trinajstić information content (AvgIpc) is 3.18. The first-order chi connectivity index (χ1) is 15.9. The van der Waals surface area contributed by atoms with E-state index in [9.17, 15) is 4.79 Å². The topological polar surface area (TPSA) is 57.1 Å². The number of esters is 1. The van der Waals surface area contributed by atoms with E-state index < -0.39 is 5.97 Å². The minimum absolute atomic E-state index is 0.214. The van der Waals surface area contributed by atoms with Crippen LogP contribution < -0.4 is 9.47 Å². The first kappa shape index (κ1) is 22.3. The molecule has 0 fully saturated rings. The lowest BCUT2D eigenvalue weighted by Crippen LogP contribution is -2.05. The molecule has 1 heterocycles. The summed E-state index contributed by atoms with van der Waals surface area (Å²) in [6.07, 6.45) is 1.67. The molecule has 0 aliphatic carbocycles. The van der Waals surface area contributed by atoms with E-state index in [2.05, 4.69) is 24.9 Å². The van der Waals surface area contributed by atoms with Crippen molar-refractivity contribution in [3.63, 3.8) is 0 Å². The number of hydrogen-bond acceptors (Lipinski definition) is 5. The Balaban J connectivity index is 1.63. The van der Waals surface area contributed by atoms with Crippen molar-refractivity contribution in [2.24, 2.45) is 4.99 Å². The Hall–Kier alpha value is -3.86. The molecule has 0 saturated heterocycles. The van der Waals surface area contributed by atoms with Crippen LogP contribution in [-0.4, -0.2) is 19.0 Å². The number of ether oxygens (including phenoxy) is 3. The van der Waals surface area contributed by atoms with Crippen LogP contribution in [0.25, 0.3) is 6.08 Å². The molecule has 3 aromatic rings. The first-order valence-electron chi connectivity index (χ1n) is 10.9. The van der Waals surface area contributed by atoms with E-state index in [1.165, 1.54) is 5.56 Å². The lowest BCUT2D eigenvalue weighted by Gasteiger charge is -2.14. The van der Waals surface area contributed by atoms with Crippen LogP contribution in [-0.2, 0) is 16.1 Å². The number of cyclic esters (lactones) is 1. The van der Waals surface area contributed by atoms with Crippen molar-refractivity contribution >= 4 is 17.9 Å². The van der Waals surface area contributed by atoms with Crippen molar-refractivity contribution in [1.82, 2.24) is 0 Å². The molecule has 0 amide bonds. The van der Waals surface area contributed by atoms with Gasteiger partial charge in [0.25, 0.3) is 0 Å². The Morgan fingerprint density at radius 2 is 1.79 bits per heavy atom. The number of aliphatic imine (C=N–C) groups is 1. The summed E-state index contributed by atoms with van der Waals surface area (Å²) in [6.45, 7) is 6.69. The Morgan fingerprint density at radius 3 is 2.48 bits per heavy atom. The van der Waals surface area contributed by atoms with Crippen LogP contribution in [0.4, 0.5) is 0 Å². The largest absolute Gasteiger partial charge is 0.493 e. The summed E-state index contributed by atoms with van der Waals surface area (Å²) in [7, 11) is 1.59. The fourth-order valence-corrected chi connectivity index (χ4v) is 3.61. The van der Waals surface area contributed by atoms with Gasteiger partial charge < -0.3 is 14.2 Å². The van der Waals surface area contributed by atoms with E-state index >= 15 is 0 Å². The van der Waals surface area contributed by atoms with Gasteiger partial charge in [0.05, 0.1) is 7.11 Å². The molecule has 1 aliphatic rings. The molecule has 168 valence electrons. The van der Waals surface area contributed by atoms with Crippen molar-refractivity contribution in [1.29, 1.82) is 0 Å². The first-order valence-corrected chi connectivity index (χ1v) is 10.9. The highest BCUT2D eigenvalue weighted by atomic mass is 16.6. The molecule has 5 heteroatoms. The van der Waals surface area contributed by atoms with Gasteiger partial charge in [0, 0.05) is 11.1 Å². The van der Waals surface area contributed by atoms with Gasteiger partial charge in [0.15, 0.2) is 17.2 Å². The lowest BCUT2D eigenvalue weighted by molar-refractivity contribution is -0.129. The summed E-state index contributed by atoms with van der Waals surface area (Å²) in [4.78, 5) is 17.0. The maximum absolute atomic E-state index is 12.5. The third kappa shape index (κ3) is 5.14. The molecular formula is C28H27NO4. The van der Waals surface area contributed by atoms with Crippen molar-refractivity contribution < 1.29 is 19.0 Å². The molecule has 0 bridgehead atoms. The number of rotatable bonds is 7. The van der Waals surface area contributed by atoms with Gasteiger partial charge in [-0.05, 0) is 48.2 Å². The van der Waals surface area contributed by atoms with Gasteiger partial charge in [0.2, 0.25) is 5.90 Å². The van der Waals surface area contributed by atoms with E-state index in [4.69, 9.17) is 14.2 Å². The zero-order chi connectivity index (χ0) is 23.4. The van der Waals surface area contributed by atoms with Crippen LogP contribution >= 0.6 is 0 Å². The highest BCUT2D eigenvalue weighted by Crippen LogP contribution is 2.34. The van der Waals surface area contributed by atoms with Crippen LogP contribution in [0.2, 0.25) is 0 Å². The highest BCUT2D eigenvalue weighted by molar-refractivity contribution is 6.13. The van der Waals surface area contributed by atoms with E-state index in [-0.39, 0.29) is 5.70 Å². The molecule has 1 aliphatic heterocycles. The van der Waals surface area contributed by atoms with Crippen LogP contribution in [0.3, 0.4) is 0 Å². The Morgan fingerprint density at radius 1 is 1.03 bits per heavy atom. The predicted molar refractivity (Wildman–Crippen MR) is 130 cm³/mol. The Kier molecular flexibility index (Phi) is 6.59. The molecule has 4 rings (SSSR count). The van der Waals surface area contributed by atoms with Gasteiger partial charge in [0.1, 0.15) is 6.61 Å². The average molecular weight is 442 g/mol. The van der Waals surface area contributed by atoms with Crippen LogP contribution in [0, 0.1) is 6.92 Å². The van der Waals surface area contributed by atoms with E-state index in [1.54, 1.807) is 13.2 Å². The summed E-state index contributed by atoms with van der Waals surface area (Å²) >= 11 is 0. The Bertz CT molecular complexity index is 1220. The quantitative estimate of drug-likeness (QED) is 0.331. The number of nitrogens with zero attached hydrogens (tertiary/aromatic N) is 1. The molecule has 0 atom stereocenters. The molecule has 0 saturated carbocycles. The van der Waals surface area contributed by atoms with Gasteiger partial charge in [-0.1, -0.05) is 67.9 Å². The monoisotopic (exact) mass is 441 g/mol. The van der Waals surface area contributed by atoms with Gasteiger partial charge in [-0.25, -0.2) is 9.79 Å². The zero-order valence-corrected chi connectivity index (χ0v) is 19.3. The van der Waals surface area contributed by atoms with Crippen molar-refractivity contribution in [2.75, 3.05) is 7.11 Å². The molecule has 0 aromatic heterocycles. The summed E-state index contributed by atoms with van der Waals surface area (Å²) < 4.78 is 17.1. The standard InChI is InChI=1S/C28H27NO4/c1-18(2)21-11-13-22(14-12-21)27-29-24(28(30)33-27)16-23-9-6-10-25(31-4)26(23)32-17-20-8-5-7-19(3)15-20/h5-16,18H,17H2,1-4H3/b24-16-. The summed E-state index contributed by atoms with van der Waals surface area (Å²) in [5.41, 5.74) is 5.09. The minimum atomic E-state index is -0.495. The van der Waals surface area contributed by atoms with E-state index in [1.807, 2.05) is 67.6 Å². The molecule has 0 N–H and O–H groups in total. The highest BCUT2D eigenvalue weighted by Gasteiger charge is 2.25. The molecule has 0 unspecified atom stereocenters. The SMILES string of the molecule is COc1cccc(/C=C2\N=C(c3ccc(C(C)C)cc3)OC2=O)c1OCc1cccc(C)c1. The zero-order valence-electron chi connectivity index (χ0n) is 19.3. The van der Waals surface area contributed by atoms with Crippen molar-refractivity contribution in [3.8, 4) is 11.5 Å².